The Bertz CT molecular complexity index is 907. The Hall–Kier alpha value is -2.40. The molecule has 0 aliphatic rings. The summed E-state index contributed by atoms with van der Waals surface area (Å²) in [6.07, 6.45) is 0. The van der Waals surface area contributed by atoms with E-state index in [4.69, 9.17) is 5.73 Å². The maximum atomic E-state index is 12.7. The molecule has 23 heavy (non-hydrogen) atoms. The molecule has 0 atom stereocenters. The predicted molar refractivity (Wildman–Crippen MR) is 97.4 cm³/mol. The lowest BCUT2D eigenvalue weighted by molar-refractivity contribution is 0.103. The fourth-order valence-electron chi connectivity index (χ4n) is 2.82. The molecule has 0 saturated carbocycles. The van der Waals surface area contributed by atoms with E-state index >= 15 is 0 Å². The van der Waals surface area contributed by atoms with Crippen LogP contribution in [0.1, 0.15) is 32.1 Å². The van der Waals surface area contributed by atoms with E-state index in [1.807, 2.05) is 52.0 Å². The standard InChI is InChI=1S/C18H19N3OS/c1-9-6-5-7-10(2)15(9)21-17(22)16-14(19)13-11(3)8-12(4)20-18(13)23-16/h5-8H,19H2,1-4H3,(H,21,22). The van der Waals surface area contributed by atoms with E-state index in [9.17, 15) is 4.79 Å². The van der Waals surface area contributed by atoms with Gasteiger partial charge in [0.2, 0.25) is 0 Å². The monoisotopic (exact) mass is 325 g/mol. The topological polar surface area (TPSA) is 68.0 Å². The van der Waals surface area contributed by atoms with E-state index in [2.05, 4.69) is 10.3 Å². The van der Waals surface area contributed by atoms with Gasteiger partial charge in [0, 0.05) is 16.8 Å². The van der Waals surface area contributed by atoms with Crippen LogP contribution in [0.15, 0.2) is 24.3 Å². The van der Waals surface area contributed by atoms with Gasteiger partial charge in [-0.2, -0.15) is 0 Å². The molecule has 1 aromatic carbocycles. The molecule has 3 N–H and O–H groups in total. The summed E-state index contributed by atoms with van der Waals surface area (Å²) in [4.78, 5) is 18.5. The number of para-hydroxylation sites is 1. The smallest absolute Gasteiger partial charge is 0.267 e. The first-order valence-corrected chi connectivity index (χ1v) is 8.24. The molecule has 0 bridgehead atoms. The molecule has 118 valence electrons. The van der Waals surface area contributed by atoms with E-state index in [0.717, 1.165) is 38.3 Å². The van der Waals surface area contributed by atoms with Gasteiger partial charge in [-0.3, -0.25) is 4.79 Å². The molecular weight excluding hydrogens is 306 g/mol. The van der Waals surface area contributed by atoms with E-state index < -0.39 is 0 Å². The third-order valence-corrected chi connectivity index (χ3v) is 5.05. The molecular formula is C18H19N3OS. The first kappa shape index (κ1) is 15.5. The highest BCUT2D eigenvalue weighted by molar-refractivity contribution is 7.21. The Labute approximate surface area is 139 Å². The molecule has 0 unspecified atom stereocenters. The minimum atomic E-state index is -0.181. The van der Waals surface area contributed by atoms with Crippen LogP contribution in [0, 0.1) is 27.7 Å². The van der Waals surface area contributed by atoms with Crippen molar-refractivity contribution >= 4 is 38.8 Å². The van der Waals surface area contributed by atoms with Crippen LogP contribution in [0.2, 0.25) is 0 Å². The molecule has 4 nitrogen and oxygen atoms in total. The van der Waals surface area contributed by atoms with Gasteiger partial charge in [0.1, 0.15) is 9.71 Å². The normalized spacial score (nSPS) is 11.0. The van der Waals surface area contributed by atoms with Gasteiger partial charge in [0.25, 0.3) is 5.91 Å². The van der Waals surface area contributed by atoms with Crippen LogP contribution >= 0.6 is 11.3 Å². The fraction of sp³-hybridized carbons (Fsp3) is 0.222. The average Bonchev–Trinajstić information content (AvgIpc) is 2.80. The van der Waals surface area contributed by atoms with Crippen LogP contribution in [0.3, 0.4) is 0 Å². The Morgan fingerprint density at radius 1 is 1.13 bits per heavy atom. The summed E-state index contributed by atoms with van der Waals surface area (Å²) >= 11 is 1.34. The molecule has 0 aliphatic carbocycles. The van der Waals surface area contributed by atoms with Crippen LogP contribution in [-0.2, 0) is 0 Å². The largest absolute Gasteiger partial charge is 0.397 e. The fourth-order valence-corrected chi connectivity index (χ4v) is 3.93. The maximum Gasteiger partial charge on any atom is 0.267 e. The van der Waals surface area contributed by atoms with Crippen molar-refractivity contribution in [1.29, 1.82) is 0 Å². The number of thiophene rings is 1. The lowest BCUT2D eigenvalue weighted by Crippen LogP contribution is -2.13. The van der Waals surface area contributed by atoms with Gasteiger partial charge in [-0.15, -0.1) is 11.3 Å². The molecule has 0 fully saturated rings. The molecule has 3 rings (SSSR count). The number of benzene rings is 1. The summed E-state index contributed by atoms with van der Waals surface area (Å²) in [5.74, 6) is -0.181. The summed E-state index contributed by atoms with van der Waals surface area (Å²) in [5.41, 5.74) is 11.6. The van der Waals surface area contributed by atoms with Gasteiger partial charge in [-0.05, 0) is 50.5 Å². The number of carbonyl (C=O) groups excluding carboxylic acids is 1. The number of pyridine rings is 1. The number of hydrogen-bond donors (Lipinski definition) is 2. The van der Waals surface area contributed by atoms with Crippen LogP contribution in [0.25, 0.3) is 10.2 Å². The van der Waals surface area contributed by atoms with Crippen LogP contribution in [0.4, 0.5) is 11.4 Å². The van der Waals surface area contributed by atoms with E-state index in [1.54, 1.807) is 0 Å². The van der Waals surface area contributed by atoms with Crippen molar-refractivity contribution in [3.63, 3.8) is 0 Å². The second-order valence-corrected chi connectivity index (χ2v) is 6.83. The number of aryl methyl sites for hydroxylation is 4. The van der Waals surface area contributed by atoms with E-state index in [-0.39, 0.29) is 5.91 Å². The average molecular weight is 325 g/mol. The first-order valence-electron chi connectivity index (χ1n) is 7.42. The Kier molecular flexibility index (Phi) is 3.82. The molecule has 1 amide bonds. The molecule has 3 aromatic rings. The lowest BCUT2D eigenvalue weighted by Gasteiger charge is -2.10. The third kappa shape index (κ3) is 2.68. The van der Waals surface area contributed by atoms with Crippen LogP contribution in [-0.4, -0.2) is 10.9 Å². The summed E-state index contributed by atoms with van der Waals surface area (Å²) in [6.45, 7) is 7.89. The molecule has 0 aliphatic heterocycles. The summed E-state index contributed by atoms with van der Waals surface area (Å²) < 4.78 is 0. The molecule has 0 saturated heterocycles. The number of amides is 1. The lowest BCUT2D eigenvalue weighted by atomic mass is 10.1. The zero-order chi connectivity index (χ0) is 16.7. The van der Waals surface area contributed by atoms with Gasteiger partial charge in [0.05, 0.1) is 5.69 Å². The van der Waals surface area contributed by atoms with Gasteiger partial charge < -0.3 is 11.1 Å². The Balaban J connectivity index is 2.05. The molecule has 5 heteroatoms. The minimum absolute atomic E-state index is 0.181. The van der Waals surface area contributed by atoms with E-state index in [0.29, 0.717) is 10.6 Å². The second kappa shape index (κ2) is 5.66. The number of hydrogen-bond acceptors (Lipinski definition) is 4. The zero-order valence-corrected chi connectivity index (χ0v) is 14.5. The molecule has 2 aromatic heterocycles. The van der Waals surface area contributed by atoms with Gasteiger partial charge in [-0.1, -0.05) is 18.2 Å². The third-order valence-electron chi connectivity index (χ3n) is 3.95. The number of carbonyl (C=O) groups is 1. The Morgan fingerprint density at radius 3 is 2.43 bits per heavy atom. The SMILES string of the molecule is Cc1cc(C)c2c(N)c(C(=O)Nc3c(C)cccc3C)sc2n1. The van der Waals surface area contributed by atoms with Crippen molar-refractivity contribution in [3.05, 3.63) is 51.5 Å². The first-order chi connectivity index (χ1) is 10.9. The second-order valence-electron chi connectivity index (χ2n) is 5.83. The predicted octanol–water partition coefficient (Wildman–Crippen LogP) is 4.36. The summed E-state index contributed by atoms with van der Waals surface area (Å²) in [7, 11) is 0. The minimum Gasteiger partial charge on any atom is -0.397 e. The van der Waals surface area contributed by atoms with Crippen molar-refractivity contribution in [1.82, 2.24) is 4.98 Å². The number of fused-ring (bicyclic) bond motifs is 1. The van der Waals surface area contributed by atoms with Crippen molar-refractivity contribution in [2.45, 2.75) is 27.7 Å². The number of aromatic nitrogens is 1. The number of rotatable bonds is 2. The van der Waals surface area contributed by atoms with Crippen molar-refractivity contribution in [2.24, 2.45) is 0 Å². The van der Waals surface area contributed by atoms with Gasteiger partial charge in [-0.25, -0.2) is 4.98 Å². The van der Waals surface area contributed by atoms with Gasteiger partial charge >= 0.3 is 0 Å². The zero-order valence-electron chi connectivity index (χ0n) is 13.7. The Morgan fingerprint density at radius 2 is 1.78 bits per heavy atom. The number of nitrogens with zero attached hydrogens (tertiary/aromatic N) is 1. The summed E-state index contributed by atoms with van der Waals surface area (Å²) in [5, 5.41) is 3.88. The number of nitrogen functional groups attached to an aromatic ring is 1. The highest BCUT2D eigenvalue weighted by Crippen LogP contribution is 2.35. The summed E-state index contributed by atoms with van der Waals surface area (Å²) in [6, 6.07) is 7.92. The van der Waals surface area contributed by atoms with Crippen LogP contribution < -0.4 is 11.1 Å². The highest BCUT2D eigenvalue weighted by atomic mass is 32.1. The maximum absolute atomic E-state index is 12.7. The van der Waals surface area contributed by atoms with Crippen LogP contribution in [0.5, 0.6) is 0 Å². The van der Waals surface area contributed by atoms with Crippen molar-refractivity contribution < 1.29 is 4.79 Å². The highest BCUT2D eigenvalue weighted by Gasteiger charge is 2.20. The van der Waals surface area contributed by atoms with Crippen molar-refractivity contribution in [2.75, 3.05) is 11.1 Å². The quantitative estimate of drug-likeness (QED) is 0.735. The van der Waals surface area contributed by atoms with Crippen molar-refractivity contribution in [3.8, 4) is 0 Å². The molecule has 0 radical (unpaired) electrons. The number of nitrogens with two attached hydrogens (primary N) is 1. The number of anilines is 2. The number of nitrogens with one attached hydrogen (secondary N) is 1. The van der Waals surface area contributed by atoms with E-state index in [1.165, 1.54) is 11.3 Å². The molecule has 2 heterocycles. The van der Waals surface area contributed by atoms with Gasteiger partial charge in [0.15, 0.2) is 0 Å². The molecule has 0 spiro atoms.